The van der Waals surface area contributed by atoms with Crippen LogP contribution in [0.3, 0.4) is 0 Å². The minimum atomic E-state index is -0.396. The zero-order valence-electron chi connectivity index (χ0n) is 11.0. The molecule has 1 aromatic carbocycles. The van der Waals surface area contributed by atoms with Crippen LogP contribution in [0.15, 0.2) is 22.7 Å². The standard InChI is InChI=1S/C14H19BrN2O/c1-4-12(9-16)18-14-8-11(15)6-7-13(14)10(3)17-5-2/h6-8,10,12,17H,4-5H2,1-3H3. The summed E-state index contributed by atoms with van der Waals surface area (Å²) in [6.07, 6.45) is 0.282. The first-order valence-corrected chi connectivity index (χ1v) is 7.00. The summed E-state index contributed by atoms with van der Waals surface area (Å²) in [6.45, 7) is 7.00. The number of rotatable bonds is 6. The Kier molecular flexibility index (Phi) is 6.17. The number of nitrogens with zero attached hydrogens (tertiary/aromatic N) is 1. The van der Waals surface area contributed by atoms with Gasteiger partial charge in [0.05, 0.1) is 0 Å². The van der Waals surface area contributed by atoms with Crippen LogP contribution in [0, 0.1) is 11.3 Å². The average Bonchev–Trinajstić information content (AvgIpc) is 2.36. The molecule has 0 spiro atoms. The van der Waals surface area contributed by atoms with Gasteiger partial charge in [-0.15, -0.1) is 0 Å². The predicted molar refractivity (Wildman–Crippen MR) is 76.6 cm³/mol. The van der Waals surface area contributed by atoms with Gasteiger partial charge in [0.2, 0.25) is 0 Å². The van der Waals surface area contributed by atoms with Crippen LogP contribution < -0.4 is 10.1 Å². The van der Waals surface area contributed by atoms with Gasteiger partial charge in [-0.3, -0.25) is 0 Å². The SMILES string of the molecule is CCNC(C)c1ccc(Br)cc1OC(C#N)CC. The summed E-state index contributed by atoms with van der Waals surface area (Å²) in [5.74, 6) is 0.770. The second kappa shape index (κ2) is 7.40. The maximum atomic E-state index is 8.99. The van der Waals surface area contributed by atoms with Crippen molar-refractivity contribution in [3.05, 3.63) is 28.2 Å². The zero-order valence-corrected chi connectivity index (χ0v) is 12.6. The molecule has 2 atom stereocenters. The minimum absolute atomic E-state index is 0.203. The number of halogens is 1. The first kappa shape index (κ1) is 15.0. The van der Waals surface area contributed by atoms with Crippen molar-refractivity contribution in [1.82, 2.24) is 5.32 Å². The van der Waals surface area contributed by atoms with E-state index >= 15 is 0 Å². The van der Waals surface area contributed by atoms with Gasteiger partial charge in [-0.05, 0) is 32.0 Å². The topological polar surface area (TPSA) is 45.0 Å². The minimum Gasteiger partial charge on any atom is -0.475 e. The molecule has 4 heteroatoms. The molecule has 1 aromatic rings. The predicted octanol–water partition coefficient (Wildman–Crippen LogP) is 3.80. The lowest BCUT2D eigenvalue weighted by Gasteiger charge is -2.19. The van der Waals surface area contributed by atoms with Crippen molar-refractivity contribution in [3.63, 3.8) is 0 Å². The van der Waals surface area contributed by atoms with E-state index in [9.17, 15) is 0 Å². The highest BCUT2D eigenvalue weighted by Gasteiger charge is 2.14. The van der Waals surface area contributed by atoms with Crippen molar-refractivity contribution in [1.29, 1.82) is 5.26 Å². The summed E-state index contributed by atoms with van der Waals surface area (Å²) in [6, 6.07) is 8.30. The molecule has 0 radical (unpaired) electrons. The summed E-state index contributed by atoms with van der Waals surface area (Å²) in [5, 5.41) is 12.3. The summed E-state index contributed by atoms with van der Waals surface area (Å²) in [5.41, 5.74) is 1.08. The van der Waals surface area contributed by atoms with Crippen molar-refractivity contribution in [2.45, 2.75) is 39.3 Å². The van der Waals surface area contributed by atoms with Crippen LogP contribution in [0.4, 0.5) is 0 Å². The van der Waals surface area contributed by atoms with Crippen LogP contribution in [-0.2, 0) is 0 Å². The maximum Gasteiger partial charge on any atom is 0.184 e. The van der Waals surface area contributed by atoms with Crippen molar-refractivity contribution in [2.24, 2.45) is 0 Å². The molecule has 0 aromatic heterocycles. The number of nitriles is 1. The van der Waals surface area contributed by atoms with E-state index in [0.717, 1.165) is 22.3 Å². The molecule has 0 aliphatic carbocycles. The van der Waals surface area contributed by atoms with Crippen LogP contribution in [0.25, 0.3) is 0 Å². The number of hydrogen-bond donors (Lipinski definition) is 1. The molecule has 1 N–H and O–H groups in total. The fourth-order valence-electron chi connectivity index (χ4n) is 1.74. The monoisotopic (exact) mass is 310 g/mol. The Balaban J connectivity index is 3.00. The Morgan fingerprint density at radius 3 is 2.72 bits per heavy atom. The third-order valence-corrected chi connectivity index (χ3v) is 3.23. The first-order chi connectivity index (χ1) is 8.62. The Morgan fingerprint density at radius 2 is 2.17 bits per heavy atom. The smallest absolute Gasteiger partial charge is 0.184 e. The summed E-state index contributed by atoms with van der Waals surface area (Å²) < 4.78 is 6.72. The van der Waals surface area contributed by atoms with Gasteiger partial charge in [0.25, 0.3) is 0 Å². The van der Waals surface area contributed by atoms with Gasteiger partial charge in [-0.2, -0.15) is 5.26 Å². The molecule has 18 heavy (non-hydrogen) atoms. The number of benzene rings is 1. The van der Waals surface area contributed by atoms with Crippen molar-refractivity contribution in [2.75, 3.05) is 6.54 Å². The highest BCUT2D eigenvalue weighted by atomic mass is 79.9. The normalized spacial score (nSPS) is 13.7. The van der Waals surface area contributed by atoms with E-state index in [1.54, 1.807) is 0 Å². The molecule has 0 saturated heterocycles. The molecule has 0 saturated carbocycles. The average molecular weight is 311 g/mol. The second-order valence-electron chi connectivity index (χ2n) is 4.11. The zero-order chi connectivity index (χ0) is 13.5. The van der Waals surface area contributed by atoms with Crippen LogP contribution in [0.5, 0.6) is 5.75 Å². The molecular weight excluding hydrogens is 292 g/mol. The Bertz CT molecular complexity index is 428. The molecule has 0 aliphatic heterocycles. The highest BCUT2D eigenvalue weighted by Crippen LogP contribution is 2.29. The Hall–Kier alpha value is -1.05. The lowest BCUT2D eigenvalue weighted by atomic mass is 10.1. The Morgan fingerprint density at radius 1 is 1.44 bits per heavy atom. The van der Waals surface area contributed by atoms with Crippen LogP contribution in [-0.4, -0.2) is 12.6 Å². The van der Waals surface area contributed by atoms with Gasteiger partial charge in [-0.25, -0.2) is 0 Å². The first-order valence-electron chi connectivity index (χ1n) is 6.21. The van der Waals surface area contributed by atoms with Crippen LogP contribution >= 0.6 is 15.9 Å². The van der Waals surface area contributed by atoms with Crippen molar-refractivity contribution in [3.8, 4) is 11.8 Å². The summed E-state index contributed by atoms with van der Waals surface area (Å²) in [7, 11) is 0. The van der Waals surface area contributed by atoms with Gasteiger partial charge in [-0.1, -0.05) is 35.8 Å². The molecule has 98 valence electrons. The molecule has 3 nitrogen and oxygen atoms in total. The van der Waals surface area contributed by atoms with Crippen molar-refractivity contribution < 1.29 is 4.74 Å². The van der Waals surface area contributed by atoms with Gasteiger partial charge in [0.15, 0.2) is 6.10 Å². The van der Waals surface area contributed by atoms with E-state index in [1.165, 1.54) is 0 Å². The quantitative estimate of drug-likeness (QED) is 0.869. The van der Waals surface area contributed by atoms with E-state index in [0.29, 0.717) is 6.42 Å². The third kappa shape index (κ3) is 4.01. The van der Waals surface area contributed by atoms with E-state index in [1.807, 2.05) is 25.1 Å². The van der Waals surface area contributed by atoms with Gasteiger partial charge >= 0.3 is 0 Å². The van der Waals surface area contributed by atoms with Gasteiger partial charge in [0.1, 0.15) is 11.8 Å². The van der Waals surface area contributed by atoms with Crippen LogP contribution in [0.1, 0.15) is 38.8 Å². The lowest BCUT2D eigenvalue weighted by molar-refractivity contribution is 0.247. The molecule has 1 rings (SSSR count). The molecule has 0 heterocycles. The van der Waals surface area contributed by atoms with E-state index in [2.05, 4.69) is 41.2 Å². The van der Waals surface area contributed by atoms with E-state index in [4.69, 9.17) is 10.00 Å². The third-order valence-electron chi connectivity index (χ3n) is 2.74. The fourth-order valence-corrected chi connectivity index (χ4v) is 2.08. The number of hydrogen-bond acceptors (Lipinski definition) is 3. The molecule has 0 amide bonds. The number of nitrogens with one attached hydrogen (secondary N) is 1. The molecular formula is C14H19BrN2O. The largest absolute Gasteiger partial charge is 0.475 e. The molecule has 2 unspecified atom stereocenters. The molecule has 0 aliphatic rings. The van der Waals surface area contributed by atoms with Crippen LogP contribution in [0.2, 0.25) is 0 Å². The highest BCUT2D eigenvalue weighted by molar-refractivity contribution is 9.10. The Labute approximate surface area is 117 Å². The molecule has 0 bridgehead atoms. The fraction of sp³-hybridized carbons (Fsp3) is 0.500. The van der Waals surface area contributed by atoms with Crippen molar-refractivity contribution >= 4 is 15.9 Å². The second-order valence-corrected chi connectivity index (χ2v) is 5.02. The van der Waals surface area contributed by atoms with E-state index < -0.39 is 6.10 Å². The van der Waals surface area contributed by atoms with Gasteiger partial charge < -0.3 is 10.1 Å². The maximum absolute atomic E-state index is 8.99. The molecule has 0 fully saturated rings. The van der Waals surface area contributed by atoms with Gasteiger partial charge in [0, 0.05) is 16.1 Å². The summed E-state index contributed by atoms with van der Waals surface area (Å²) >= 11 is 3.43. The number of ether oxygens (including phenoxy) is 1. The summed E-state index contributed by atoms with van der Waals surface area (Å²) in [4.78, 5) is 0. The van der Waals surface area contributed by atoms with E-state index in [-0.39, 0.29) is 6.04 Å². The lowest BCUT2D eigenvalue weighted by Crippen LogP contribution is -2.20.